The molecule has 5 heteroatoms. The predicted octanol–water partition coefficient (Wildman–Crippen LogP) is 3.11. The Hall–Kier alpha value is -1.95. The minimum atomic E-state index is -3.46. The third-order valence-electron chi connectivity index (χ3n) is 4.57. The number of hydrogen-bond donors (Lipinski definition) is 0. The van der Waals surface area contributed by atoms with Crippen LogP contribution in [0.2, 0.25) is 0 Å². The molecular formula is C20H24N2O2S. The van der Waals surface area contributed by atoms with Gasteiger partial charge in [0.25, 0.3) is 0 Å². The zero-order valence-electron chi connectivity index (χ0n) is 15.1. The number of fused-ring (bicyclic) bond motifs is 2. The Morgan fingerprint density at radius 3 is 2.16 bits per heavy atom. The number of rotatable bonds is 4. The Kier molecular flexibility index (Phi) is 4.82. The van der Waals surface area contributed by atoms with Gasteiger partial charge in [0.15, 0.2) is 0 Å². The van der Waals surface area contributed by atoms with Crippen LogP contribution in [0.1, 0.15) is 28.2 Å². The maximum absolute atomic E-state index is 12.6. The Morgan fingerprint density at radius 1 is 0.880 bits per heavy atom. The summed E-state index contributed by atoms with van der Waals surface area (Å²) in [5.74, 6) is 0.119. The summed E-state index contributed by atoms with van der Waals surface area (Å²) in [5.41, 5.74) is 4.53. The van der Waals surface area contributed by atoms with Gasteiger partial charge in [-0.15, -0.1) is 0 Å². The number of nitrogens with zero attached hydrogens (tertiary/aromatic N) is 2. The highest BCUT2D eigenvalue weighted by atomic mass is 32.2. The lowest BCUT2D eigenvalue weighted by Crippen LogP contribution is -2.24. The van der Waals surface area contributed by atoms with Crippen molar-refractivity contribution in [1.29, 1.82) is 0 Å². The van der Waals surface area contributed by atoms with Crippen LogP contribution in [0.15, 0.2) is 47.4 Å². The molecule has 3 rings (SSSR count). The van der Waals surface area contributed by atoms with Gasteiger partial charge in [0, 0.05) is 26.6 Å². The molecule has 0 amide bonds. The van der Waals surface area contributed by atoms with Crippen LogP contribution in [0, 0.1) is 0 Å². The zero-order valence-corrected chi connectivity index (χ0v) is 15.9. The van der Waals surface area contributed by atoms with Crippen LogP contribution in [0.5, 0.6) is 0 Å². The van der Waals surface area contributed by atoms with E-state index in [1.165, 1.54) is 15.4 Å². The van der Waals surface area contributed by atoms with Gasteiger partial charge in [-0.25, -0.2) is 12.7 Å². The van der Waals surface area contributed by atoms with Crippen LogP contribution in [-0.2, 0) is 10.0 Å². The molecule has 132 valence electrons. The van der Waals surface area contributed by atoms with Crippen molar-refractivity contribution in [2.45, 2.75) is 10.8 Å². The van der Waals surface area contributed by atoms with Crippen molar-refractivity contribution in [3.63, 3.8) is 0 Å². The van der Waals surface area contributed by atoms with Crippen molar-refractivity contribution in [2.24, 2.45) is 0 Å². The van der Waals surface area contributed by atoms with Gasteiger partial charge in [-0.3, -0.25) is 0 Å². The van der Waals surface area contributed by atoms with Crippen molar-refractivity contribution >= 4 is 22.2 Å². The molecule has 1 aliphatic rings. The molecule has 0 saturated carbocycles. The molecule has 1 aliphatic carbocycles. The normalized spacial score (nSPS) is 16.6. The van der Waals surface area contributed by atoms with E-state index in [9.17, 15) is 8.42 Å². The average Bonchev–Trinajstić information content (AvgIpc) is 2.72. The van der Waals surface area contributed by atoms with E-state index >= 15 is 0 Å². The SMILES string of the molecule is CN(C)CC1c2ccccc2C=Cc2ccc(S(=O)(=O)N(C)C)cc21. The van der Waals surface area contributed by atoms with E-state index in [2.05, 4.69) is 29.2 Å². The Morgan fingerprint density at radius 2 is 1.52 bits per heavy atom. The molecule has 0 aromatic heterocycles. The lowest BCUT2D eigenvalue weighted by atomic mass is 9.87. The van der Waals surface area contributed by atoms with Crippen molar-refractivity contribution in [2.75, 3.05) is 34.7 Å². The van der Waals surface area contributed by atoms with Crippen LogP contribution in [0.25, 0.3) is 12.2 Å². The molecule has 0 N–H and O–H groups in total. The van der Waals surface area contributed by atoms with Gasteiger partial charge in [-0.1, -0.05) is 42.5 Å². The lowest BCUT2D eigenvalue weighted by Gasteiger charge is -2.24. The maximum Gasteiger partial charge on any atom is 0.242 e. The zero-order chi connectivity index (χ0) is 18.2. The summed E-state index contributed by atoms with van der Waals surface area (Å²) in [7, 11) is 3.76. The Labute approximate surface area is 150 Å². The highest BCUT2D eigenvalue weighted by molar-refractivity contribution is 7.89. The second-order valence-electron chi connectivity index (χ2n) is 6.86. The minimum absolute atomic E-state index is 0.119. The lowest BCUT2D eigenvalue weighted by molar-refractivity contribution is 0.391. The molecule has 4 nitrogen and oxygen atoms in total. The number of likely N-dealkylation sites (N-methyl/N-ethyl adjacent to an activating group) is 1. The predicted molar refractivity (Wildman–Crippen MR) is 103 cm³/mol. The second kappa shape index (κ2) is 6.75. The van der Waals surface area contributed by atoms with Gasteiger partial charge in [-0.05, 0) is 48.5 Å². The first-order valence-electron chi connectivity index (χ1n) is 8.29. The molecule has 0 heterocycles. The van der Waals surface area contributed by atoms with Crippen LogP contribution in [0.4, 0.5) is 0 Å². The summed E-state index contributed by atoms with van der Waals surface area (Å²) in [5, 5.41) is 0. The van der Waals surface area contributed by atoms with Crippen LogP contribution >= 0.6 is 0 Å². The van der Waals surface area contributed by atoms with E-state index in [1.54, 1.807) is 20.2 Å². The van der Waals surface area contributed by atoms with Gasteiger partial charge < -0.3 is 4.90 Å². The Balaban J connectivity index is 2.21. The summed E-state index contributed by atoms with van der Waals surface area (Å²) < 4.78 is 26.4. The summed E-state index contributed by atoms with van der Waals surface area (Å²) in [6.07, 6.45) is 4.19. The topological polar surface area (TPSA) is 40.6 Å². The molecular weight excluding hydrogens is 332 g/mol. The van der Waals surface area contributed by atoms with Gasteiger partial charge in [0.1, 0.15) is 0 Å². The molecule has 0 aliphatic heterocycles. The third kappa shape index (κ3) is 3.40. The molecule has 0 spiro atoms. The third-order valence-corrected chi connectivity index (χ3v) is 6.38. The first-order valence-corrected chi connectivity index (χ1v) is 9.73. The molecule has 1 unspecified atom stereocenters. The van der Waals surface area contributed by atoms with Gasteiger partial charge in [0.05, 0.1) is 4.90 Å². The number of sulfonamides is 1. The fourth-order valence-corrected chi connectivity index (χ4v) is 4.20. The van der Waals surface area contributed by atoms with Crippen LogP contribution in [-0.4, -0.2) is 52.4 Å². The quantitative estimate of drug-likeness (QED) is 0.845. The molecule has 0 radical (unpaired) electrons. The molecule has 2 aromatic rings. The number of benzene rings is 2. The minimum Gasteiger partial charge on any atom is -0.308 e. The standard InChI is InChI=1S/C20H24N2O2S/c1-21(2)14-20-18-8-6-5-7-15(18)9-10-16-11-12-17(13-19(16)20)25(23,24)22(3)4/h5-13,20H,14H2,1-4H3. The van der Waals surface area contributed by atoms with Gasteiger partial charge in [0.2, 0.25) is 10.0 Å². The monoisotopic (exact) mass is 356 g/mol. The second-order valence-corrected chi connectivity index (χ2v) is 9.01. The first-order chi connectivity index (χ1) is 11.8. The summed E-state index contributed by atoms with van der Waals surface area (Å²) in [6.45, 7) is 0.817. The van der Waals surface area contributed by atoms with E-state index in [4.69, 9.17) is 0 Å². The summed E-state index contributed by atoms with van der Waals surface area (Å²) in [4.78, 5) is 2.48. The van der Waals surface area contributed by atoms with E-state index in [0.717, 1.165) is 17.7 Å². The van der Waals surface area contributed by atoms with Crippen molar-refractivity contribution in [3.05, 3.63) is 64.7 Å². The average molecular weight is 356 g/mol. The van der Waals surface area contributed by atoms with Crippen molar-refractivity contribution in [3.8, 4) is 0 Å². The van der Waals surface area contributed by atoms with E-state index in [1.807, 2.05) is 38.4 Å². The van der Waals surface area contributed by atoms with Crippen molar-refractivity contribution in [1.82, 2.24) is 9.21 Å². The van der Waals surface area contributed by atoms with E-state index in [-0.39, 0.29) is 5.92 Å². The molecule has 0 fully saturated rings. The highest BCUT2D eigenvalue weighted by Crippen LogP contribution is 2.36. The van der Waals surface area contributed by atoms with Crippen LogP contribution in [0.3, 0.4) is 0 Å². The highest BCUT2D eigenvalue weighted by Gasteiger charge is 2.25. The van der Waals surface area contributed by atoms with Gasteiger partial charge in [-0.2, -0.15) is 0 Å². The van der Waals surface area contributed by atoms with Crippen LogP contribution < -0.4 is 0 Å². The molecule has 25 heavy (non-hydrogen) atoms. The Bertz CT molecular complexity index is 915. The fraction of sp³-hybridized carbons (Fsp3) is 0.300. The van der Waals surface area contributed by atoms with Crippen molar-refractivity contribution < 1.29 is 8.42 Å². The summed E-state index contributed by atoms with van der Waals surface area (Å²) >= 11 is 0. The fourth-order valence-electron chi connectivity index (χ4n) is 3.27. The van der Waals surface area contributed by atoms with Gasteiger partial charge >= 0.3 is 0 Å². The molecule has 0 saturated heterocycles. The maximum atomic E-state index is 12.6. The number of hydrogen-bond acceptors (Lipinski definition) is 3. The molecule has 1 atom stereocenters. The molecule has 2 aromatic carbocycles. The van der Waals surface area contributed by atoms with E-state index in [0.29, 0.717) is 4.90 Å². The largest absolute Gasteiger partial charge is 0.308 e. The molecule has 0 bridgehead atoms. The smallest absolute Gasteiger partial charge is 0.242 e. The summed E-state index contributed by atoms with van der Waals surface area (Å²) in [6, 6.07) is 13.8. The first kappa shape index (κ1) is 17.9. The van der Waals surface area contributed by atoms with E-state index < -0.39 is 10.0 Å².